The van der Waals surface area contributed by atoms with Gasteiger partial charge in [0.2, 0.25) is 5.91 Å². The number of hydrogen-bond acceptors (Lipinski definition) is 4. The minimum Gasteiger partial charge on any atom is -0.391 e. The minimum atomic E-state index is -4.32. The molecule has 1 amide bonds. The van der Waals surface area contributed by atoms with Crippen LogP contribution in [0.2, 0.25) is 0 Å². The maximum atomic E-state index is 12.5. The van der Waals surface area contributed by atoms with E-state index in [1.165, 1.54) is 89.9 Å². The Labute approximate surface area is 303 Å². The summed E-state index contributed by atoms with van der Waals surface area (Å²) >= 11 is 0. The summed E-state index contributed by atoms with van der Waals surface area (Å²) in [6, 6.07) is -0.979. The smallest absolute Gasteiger partial charge is 0.266 e. The molecule has 286 valence electrons. The number of carbonyl (C=O) groups is 1. The molecule has 0 aromatic heterocycles. The third kappa shape index (κ3) is 37.4. The van der Waals surface area contributed by atoms with Crippen molar-refractivity contribution in [2.75, 3.05) is 5.75 Å². The zero-order valence-electron chi connectivity index (χ0n) is 31.8. The first-order chi connectivity index (χ1) is 23.8. The molecule has 0 spiro atoms. The SMILES string of the molecule is CC/C=C\C/C=C\C/C=C\C/C=C\CCCCCCCCC(=O)NC(CS(=O)(=O)O)C(O)CCCCCCCCCCCCCCCCC. The summed E-state index contributed by atoms with van der Waals surface area (Å²) in [4.78, 5) is 12.5. The third-order valence-corrected chi connectivity index (χ3v) is 9.83. The van der Waals surface area contributed by atoms with E-state index < -0.39 is 28.0 Å². The van der Waals surface area contributed by atoms with Crippen LogP contribution in [0.15, 0.2) is 48.6 Å². The molecule has 0 fully saturated rings. The second kappa shape index (κ2) is 36.1. The second-order valence-electron chi connectivity index (χ2n) is 13.9. The van der Waals surface area contributed by atoms with Gasteiger partial charge in [-0.2, -0.15) is 8.42 Å². The molecule has 0 rings (SSSR count). The van der Waals surface area contributed by atoms with Crippen molar-refractivity contribution in [2.45, 2.75) is 206 Å². The molecule has 0 aliphatic rings. The molecule has 0 heterocycles. The number of carbonyl (C=O) groups excluding carboxylic acids is 1. The van der Waals surface area contributed by atoms with E-state index in [1.54, 1.807) is 0 Å². The molecule has 0 radical (unpaired) electrons. The Balaban J connectivity index is 3.91. The Morgan fingerprint density at radius 3 is 1.45 bits per heavy atom. The Hall–Kier alpha value is -1.70. The van der Waals surface area contributed by atoms with Crippen molar-refractivity contribution >= 4 is 16.0 Å². The number of aliphatic hydroxyl groups is 1. The molecule has 0 bridgehead atoms. The van der Waals surface area contributed by atoms with E-state index in [-0.39, 0.29) is 5.91 Å². The summed E-state index contributed by atoms with van der Waals surface area (Å²) in [6.07, 6.45) is 47.7. The molecule has 0 aromatic carbocycles. The lowest BCUT2D eigenvalue weighted by Gasteiger charge is -2.23. The summed E-state index contributed by atoms with van der Waals surface area (Å²) in [5.74, 6) is -0.915. The fourth-order valence-electron chi connectivity index (χ4n) is 6.03. The van der Waals surface area contributed by atoms with Gasteiger partial charge in [0.05, 0.1) is 17.9 Å². The van der Waals surface area contributed by atoms with Gasteiger partial charge in [0, 0.05) is 6.42 Å². The summed E-state index contributed by atoms with van der Waals surface area (Å²) in [6.45, 7) is 4.41. The van der Waals surface area contributed by atoms with Crippen LogP contribution in [0.5, 0.6) is 0 Å². The van der Waals surface area contributed by atoms with Gasteiger partial charge in [0.25, 0.3) is 10.1 Å². The summed E-state index contributed by atoms with van der Waals surface area (Å²) in [5, 5.41) is 13.3. The van der Waals surface area contributed by atoms with Gasteiger partial charge in [-0.3, -0.25) is 9.35 Å². The zero-order valence-corrected chi connectivity index (χ0v) is 32.6. The van der Waals surface area contributed by atoms with E-state index in [2.05, 4.69) is 67.8 Å². The van der Waals surface area contributed by atoms with Gasteiger partial charge in [0.15, 0.2) is 0 Å². The molecule has 0 aromatic rings. The van der Waals surface area contributed by atoms with Gasteiger partial charge in [-0.05, 0) is 51.4 Å². The van der Waals surface area contributed by atoms with Crippen molar-refractivity contribution in [1.29, 1.82) is 0 Å². The van der Waals surface area contributed by atoms with Crippen LogP contribution in [0, 0.1) is 0 Å². The Morgan fingerprint density at radius 2 is 0.980 bits per heavy atom. The van der Waals surface area contributed by atoms with Crippen LogP contribution in [0.3, 0.4) is 0 Å². The lowest BCUT2D eigenvalue weighted by Crippen LogP contribution is -2.47. The standard InChI is InChI=1S/C42H77NO5S/c1-3-5-7-9-11-13-15-17-19-20-21-22-24-26-28-30-32-34-36-38-42(45)43-40(39-49(46,47)48)41(44)37-35-33-31-29-27-25-23-18-16-14-12-10-8-6-4-2/h5,7,11,13,17,19,21-22,40-41,44H,3-4,6,8-10,12,14-16,18,20,23-39H2,1-2H3,(H,43,45)(H,46,47,48)/b7-5-,13-11-,19-17-,22-21-. The maximum Gasteiger partial charge on any atom is 0.266 e. The van der Waals surface area contributed by atoms with E-state index in [1.807, 2.05) is 0 Å². The van der Waals surface area contributed by atoms with Crippen LogP contribution in [0.25, 0.3) is 0 Å². The highest BCUT2D eigenvalue weighted by atomic mass is 32.2. The molecule has 2 atom stereocenters. The highest BCUT2D eigenvalue weighted by Crippen LogP contribution is 2.16. The maximum absolute atomic E-state index is 12.5. The van der Waals surface area contributed by atoms with Crippen LogP contribution in [-0.2, 0) is 14.9 Å². The quantitative estimate of drug-likeness (QED) is 0.0342. The van der Waals surface area contributed by atoms with Crippen molar-refractivity contribution in [3.8, 4) is 0 Å². The average Bonchev–Trinajstić information content (AvgIpc) is 3.06. The second-order valence-corrected chi connectivity index (χ2v) is 15.4. The van der Waals surface area contributed by atoms with Crippen molar-refractivity contribution in [1.82, 2.24) is 5.32 Å². The van der Waals surface area contributed by atoms with E-state index >= 15 is 0 Å². The van der Waals surface area contributed by atoms with Crippen LogP contribution >= 0.6 is 0 Å². The molecule has 6 nitrogen and oxygen atoms in total. The van der Waals surface area contributed by atoms with Crippen LogP contribution in [0.4, 0.5) is 0 Å². The van der Waals surface area contributed by atoms with Gasteiger partial charge >= 0.3 is 0 Å². The van der Waals surface area contributed by atoms with Crippen LogP contribution in [-0.4, -0.2) is 41.9 Å². The molecule has 0 saturated carbocycles. The molecule has 0 saturated heterocycles. The number of rotatable bonds is 36. The van der Waals surface area contributed by atoms with Crippen LogP contribution < -0.4 is 5.32 Å². The van der Waals surface area contributed by atoms with Gasteiger partial charge in [-0.25, -0.2) is 0 Å². The summed E-state index contributed by atoms with van der Waals surface area (Å²) < 4.78 is 32.5. The largest absolute Gasteiger partial charge is 0.391 e. The first kappa shape index (κ1) is 47.3. The normalized spacial score (nSPS) is 13.8. The van der Waals surface area contributed by atoms with Crippen molar-refractivity contribution < 1.29 is 22.9 Å². The van der Waals surface area contributed by atoms with Crippen LogP contribution in [0.1, 0.15) is 194 Å². The van der Waals surface area contributed by atoms with Gasteiger partial charge in [-0.1, -0.05) is 184 Å². The van der Waals surface area contributed by atoms with E-state index in [4.69, 9.17) is 0 Å². The van der Waals surface area contributed by atoms with Crippen molar-refractivity contribution in [3.63, 3.8) is 0 Å². The topological polar surface area (TPSA) is 104 Å². The summed E-state index contributed by atoms with van der Waals surface area (Å²) in [7, 11) is -4.32. The molecular formula is C42H77NO5S. The fraction of sp³-hybridized carbons (Fsp3) is 0.786. The minimum absolute atomic E-state index is 0.261. The lowest BCUT2D eigenvalue weighted by atomic mass is 10.0. The monoisotopic (exact) mass is 708 g/mol. The number of allylic oxidation sites excluding steroid dienone is 8. The van der Waals surface area contributed by atoms with Crippen molar-refractivity contribution in [3.05, 3.63) is 48.6 Å². The van der Waals surface area contributed by atoms with E-state index in [9.17, 15) is 22.9 Å². The number of unbranched alkanes of at least 4 members (excludes halogenated alkanes) is 20. The summed E-state index contributed by atoms with van der Waals surface area (Å²) in [5.41, 5.74) is 0. The molecule has 3 N–H and O–H groups in total. The number of nitrogens with one attached hydrogen (secondary N) is 1. The molecule has 0 aliphatic heterocycles. The molecular weight excluding hydrogens is 631 g/mol. The van der Waals surface area contributed by atoms with E-state index in [0.717, 1.165) is 77.0 Å². The van der Waals surface area contributed by atoms with Gasteiger partial charge in [-0.15, -0.1) is 0 Å². The zero-order chi connectivity index (χ0) is 36.1. The highest BCUT2D eigenvalue weighted by Gasteiger charge is 2.26. The van der Waals surface area contributed by atoms with Crippen molar-refractivity contribution in [2.24, 2.45) is 0 Å². The molecule has 7 heteroatoms. The predicted molar refractivity (Wildman–Crippen MR) is 212 cm³/mol. The van der Waals surface area contributed by atoms with E-state index in [0.29, 0.717) is 12.8 Å². The van der Waals surface area contributed by atoms with Gasteiger partial charge < -0.3 is 10.4 Å². The highest BCUT2D eigenvalue weighted by molar-refractivity contribution is 7.85. The average molecular weight is 708 g/mol. The number of hydrogen-bond donors (Lipinski definition) is 3. The number of amides is 1. The Kier molecular flexibility index (Phi) is 34.9. The first-order valence-corrected chi connectivity index (χ1v) is 21.9. The molecule has 49 heavy (non-hydrogen) atoms. The third-order valence-electron chi connectivity index (χ3n) is 9.05. The Morgan fingerprint density at radius 1 is 0.571 bits per heavy atom. The predicted octanol–water partition coefficient (Wildman–Crippen LogP) is 11.9. The number of aliphatic hydroxyl groups excluding tert-OH is 1. The Bertz CT molecular complexity index is 956. The molecule has 0 aliphatic carbocycles. The first-order valence-electron chi connectivity index (χ1n) is 20.3. The lowest BCUT2D eigenvalue weighted by molar-refractivity contribution is -0.122. The van der Waals surface area contributed by atoms with Gasteiger partial charge in [0.1, 0.15) is 0 Å². The fourth-order valence-corrected chi connectivity index (χ4v) is 6.79. The molecule has 2 unspecified atom stereocenters.